The van der Waals surface area contributed by atoms with E-state index in [1.165, 1.54) is 0 Å². The van der Waals surface area contributed by atoms with Crippen molar-refractivity contribution < 1.29 is 18.7 Å². The van der Waals surface area contributed by atoms with Crippen LogP contribution in [0.5, 0.6) is 0 Å². The molecule has 0 bridgehead atoms. The zero-order valence-electron chi connectivity index (χ0n) is 18.4. The molecule has 2 aromatic heterocycles. The number of amides is 1. The number of alkyl halides is 2. The van der Waals surface area contributed by atoms with E-state index in [0.717, 1.165) is 21.7 Å². The van der Waals surface area contributed by atoms with Gasteiger partial charge in [0.05, 0.1) is 24.7 Å². The van der Waals surface area contributed by atoms with E-state index in [0.29, 0.717) is 16.5 Å². The van der Waals surface area contributed by atoms with Crippen molar-refractivity contribution in [3.63, 3.8) is 0 Å². The van der Waals surface area contributed by atoms with Gasteiger partial charge >= 0.3 is 0 Å². The third-order valence-electron chi connectivity index (χ3n) is 5.68. The molecule has 3 aromatic rings. The highest BCUT2D eigenvalue weighted by Crippen LogP contribution is 2.31. The summed E-state index contributed by atoms with van der Waals surface area (Å²) in [7, 11) is 0. The van der Waals surface area contributed by atoms with Crippen LogP contribution >= 0.6 is 0 Å². The number of carbonyl (C=O) groups excluding carboxylic acids is 1. The number of aliphatic hydroxyl groups excluding tert-OH is 1. The van der Waals surface area contributed by atoms with Crippen molar-refractivity contribution in [3.05, 3.63) is 71.2 Å². The number of nitrogens with zero attached hydrogens (tertiary/aromatic N) is 4. The van der Waals surface area contributed by atoms with Gasteiger partial charge in [-0.3, -0.25) is 20.1 Å². The fourth-order valence-electron chi connectivity index (χ4n) is 3.89. The van der Waals surface area contributed by atoms with Crippen molar-refractivity contribution in [1.82, 2.24) is 20.2 Å². The highest BCUT2D eigenvalue weighted by atomic mass is 19.3. The number of hydrogen-bond acceptors (Lipinski definition) is 6. The third kappa shape index (κ3) is 5.25. The first-order valence-electron chi connectivity index (χ1n) is 10.7. The summed E-state index contributed by atoms with van der Waals surface area (Å²) in [5.74, 6) is -3.76. The Labute approximate surface area is 195 Å². The summed E-state index contributed by atoms with van der Waals surface area (Å²) in [4.78, 5) is 21.9. The molecule has 3 heterocycles. The molecule has 0 spiro atoms. The molecule has 2 N–H and O–H groups in total. The van der Waals surface area contributed by atoms with Crippen LogP contribution in [0.3, 0.4) is 0 Å². The Morgan fingerprint density at radius 1 is 1.29 bits per heavy atom. The quantitative estimate of drug-likeness (QED) is 0.543. The minimum absolute atomic E-state index is 0.390. The van der Waals surface area contributed by atoms with Crippen LogP contribution in [0.4, 0.5) is 8.78 Å². The van der Waals surface area contributed by atoms with Crippen molar-refractivity contribution in [3.8, 4) is 6.07 Å². The number of rotatable bonds is 6. The lowest BCUT2D eigenvalue weighted by atomic mass is 10.0. The molecule has 1 aliphatic rings. The molecule has 9 heteroatoms. The van der Waals surface area contributed by atoms with Crippen LogP contribution in [0, 0.1) is 18.3 Å². The smallest absolute Gasteiger partial charge is 0.268 e. The van der Waals surface area contributed by atoms with Crippen LogP contribution in [0.15, 0.2) is 48.8 Å². The number of pyridine rings is 2. The minimum atomic E-state index is -3.09. The number of aryl methyl sites for hydroxylation is 1. The molecule has 1 unspecified atom stereocenters. The number of aromatic nitrogens is 2. The Morgan fingerprint density at radius 3 is 2.79 bits per heavy atom. The first kappa shape index (κ1) is 23.4. The monoisotopic (exact) mass is 463 g/mol. The van der Waals surface area contributed by atoms with Crippen LogP contribution < -0.4 is 5.32 Å². The van der Waals surface area contributed by atoms with Crippen molar-refractivity contribution in [2.45, 2.75) is 31.5 Å². The van der Waals surface area contributed by atoms with E-state index in [-0.39, 0.29) is 6.54 Å². The van der Waals surface area contributed by atoms with E-state index in [9.17, 15) is 18.7 Å². The maximum absolute atomic E-state index is 13.6. The molecular formula is C25H23F2N5O2. The Morgan fingerprint density at radius 2 is 2.06 bits per heavy atom. The SMILES string of the molecule is Cc1ccc(/C=C/c2ccc3nccc(C(O)NCC(=O)N4CC(F)(F)C[C@H]4C#N)c3c2)cn1. The van der Waals surface area contributed by atoms with E-state index in [1.54, 1.807) is 24.5 Å². The summed E-state index contributed by atoms with van der Waals surface area (Å²) in [6, 6.07) is 11.7. The van der Waals surface area contributed by atoms with Gasteiger partial charge in [-0.05, 0) is 42.3 Å². The summed E-state index contributed by atoms with van der Waals surface area (Å²) < 4.78 is 27.3. The molecule has 0 aliphatic carbocycles. The number of nitriles is 1. The zero-order chi connectivity index (χ0) is 24.3. The number of benzene rings is 1. The molecule has 1 amide bonds. The molecule has 1 saturated heterocycles. The van der Waals surface area contributed by atoms with E-state index < -0.39 is 37.1 Å². The fraction of sp³-hybridized carbons (Fsp3) is 0.280. The van der Waals surface area contributed by atoms with Gasteiger partial charge in [-0.1, -0.05) is 24.3 Å². The van der Waals surface area contributed by atoms with E-state index in [2.05, 4.69) is 15.3 Å². The topological polar surface area (TPSA) is 102 Å². The lowest BCUT2D eigenvalue weighted by Crippen LogP contribution is -2.42. The summed E-state index contributed by atoms with van der Waals surface area (Å²) in [6.45, 7) is 0.728. The van der Waals surface area contributed by atoms with Gasteiger partial charge < -0.3 is 10.0 Å². The third-order valence-corrected chi connectivity index (χ3v) is 5.68. The lowest BCUT2D eigenvalue weighted by Gasteiger charge is -2.21. The van der Waals surface area contributed by atoms with Gasteiger partial charge in [-0.2, -0.15) is 5.26 Å². The second kappa shape index (κ2) is 9.63. The van der Waals surface area contributed by atoms with Crippen LogP contribution in [0.2, 0.25) is 0 Å². The van der Waals surface area contributed by atoms with E-state index in [1.807, 2.05) is 49.4 Å². The van der Waals surface area contributed by atoms with Crippen molar-refractivity contribution in [2.75, 3.05) is 13.1 Å². The summed E-state index contributed by atoms with van der Waals surface area (Å²) >= 11 is 0. The van der Waals surface area contributed by atoms with Crippen LogP contribution in [-0.2, 0) is 4.79 Å². The highest BCUT2D eigenvalue weighted by molar-refractivity contribution is 5.86. The molecular weight excluding hydrogens is 440 g/mol. The molecule has 0 saturated carbocycles. The summed E-state index contributed by atoms with van der Waals surface area (Å²) in [5, 5.41) is 23.2. The predicted octanol–water partition coefficient (Wildman–Crippen LogP) is 3.45. The molecule has 34 heavy (non-hydrogen) atoms. The molecule has 174 valence electrons. The summed E-state index contributed by atoms with van der Waals surface area (Å²) in [6.07, 6.45) is 5.25. The number of aliphatic hydroxyl groups is 1. The van der Waals surface area contributed by atoms with Gasteiger partial charge in [0.15, 0.2) is 0 Å². The Balaban J connectivity index is 1.49. The van der Waals surface area contributed by atoms with Gasteiger partial charge in [0, 0.05) is 35.5 Å². The second-order valence-electron chi connectivity index (χ2n) is 8.25. The molecule has 2 atom stereocenters. The van der Waals surface area contributed by atoms with Crippen molar-refractivity contribution in [1.29, 1.82) is 5.26 Å². The molecule has 1 aromatic carbocycles. The number of carbonyl (C=O) groups is 1. The Hall–Kier alpha value is -3.74. The average Bonchev–Trinajstić information content (AvgIpc) is 3.16. The average molecular weight is 463 g/mol. The second-order valence-corrected chi connectivity index (χ2v) is 8.25. The highest BCUT2D eigenvalue weighted by Gasteiger charge is 2.47. The van der Waals surface area contributed by atoms with Crippen molar-refractivity contribution in [2.24, 2.45) is 0 Å². The fourth-order valence-corrected chi connectivity index (χ4v) is 3.89. The largest absolute Gasteiger partial charge is 0.374 e. The standard InChI is InChI=1S/C25H23F2N5O2/c1-16-2-3-18(13-30-16)5-4-17-6-7-22-21(10-17)20(8-9-29-22)24(34)31-14-23(33)32-15-25(26,27)11-19(32)12-28/h2-10,13,19,24,31,34H,11,14-15H2,1H3/b5-4+/t19-,24?/m0/s1. The Bertz CT molecular complexity index is 1270. The van der Waals surface area contributed by atoms with E-state index in [4.69, 9.17) is 5.26 Å². The maximum atomic E-state index is 13.6. The summed E-state index contributed by atoms with van der Waals surface area (Å²) in [5.41, 5.74) is 3.90. The first-order valence-corrected chi connectivity index (χ1v) is 10.7. The predicted molar refractivity (Wildman–Crippen MR) is 123 cm³/mol. The molecule has 4 rings (SSSR count). The van der Waals surface area contributed by atoms with Crippen LogP contribution in [0.1, 0.15) is 35.0 Å². The van der Waals surface area contributed by atoms with Crippen LogP contribution in [-0.4, -0.2) is 50.9 Å². The number of hydrogen-bond donors (Lipinski definition) is 2. The lowest BCUT2D eigenvalue weighted by molar-refractivity contribution is -0.132. The molecule has 0 radical (unpaired) electrons. The van der Waals surface area contributed by atoms with Crippen LogP contribution in [0.25, 0.3) is 23.1 Å². The van der Waals surface area contributed by atoms with Gasteiger partial charge in [0.25, 0.3) is 5.92 Å². The van der Waals surface area contributed by atoms with Gasteiger partial charge in [-0.25, -0.2) is 8.78 Å². The minimum Gasteiger partial charge on any atom is -0.374 e. The Kier molecular flexibility index (Phi) is 6.63. The number of halogens is 2. The number of likely N-dealkylation sites (tertiary alicyclic amines) is 1. The zero-order valence-corrected chi connectivity index (χ0v) is 18.4. The first-order chi connectivity index (χ1) is 16.3. The van der Waals surface area contributed by atoms with E-state index >= 15 is 0 Å². The molecule has 1 aliphatic heterocycles. The molecule has 7 nitrogen and oxygen atoms in total. The normalized spacial score (nSPS) is 18.3. The maximum Gasteiger partial charge on any atom is 0.268 e. The van der Waals surface area contributed by atoms with Gasteiger partial charge in [-0.15, -0.1) is 0 Å². The molecule has 1 fully saturated rings. The number of fused-ring (bicyclic) bond motifs is 1. The van der Waals surface area contributed by atoms with Gasteiger partial charge in [0.1, 0.15) is 12.3 Å². The number of nitrogens with one attached hydrogen (secondary N) is 1. The van der Waals surface area contributed by atoms with Crippen molar-refractivity contribution >= 4 is 29.0 Å². The van der Waals surface area contributed by atoms with Gasteiger partial charge in [0.2, 0.25) is 5.91 Å².